The molecule has 19 heavy (non-hydrogen) atoms. The van der Waals surface area contributed by atoms with Crippen molar-refractivity contribution in [2.75, 3.05) is 20.6 Å². The molecular formula is C15H27N3S. The van der Waals surface area contributed by atoms with E-state index in [0.29, 0.717) is 6.04 Å². The minimum atomic E-state index is 0.597. The summed E-state index contributed by atoms with van der Waals surface area (Å²) in [7, 11) is 4.25. The first-order chi connectivity index (χ1) is 9.10. The topological polar surface area (TPSA) is 28.2 Å². The monoisotopic (exact) mass is 281 g/mol. The van der Waals surface area contributed by atoms with Gasteiger partial charge in [-0.1, -0.05) is 6.92 Å². The Bertz CT molecular complexity index is 396. The zero-order valence-electron chi connectivity index (χ0n) is 12.7. The number of aromatic nitrogens is 1. The highest BCUT2D eigenvalue weighted by Gasteiger charge is 2.29. The summed E-state index contributed by atoms with van der Waals surface area (Å²) in [6.45, 7) is 6.58. The SMILES string of the molecule is CCC(C)NCc1sc(CCN(C)C)nc1C1CC1. The highest BCUT2D eigenvalue weighted by Crippen LogP contribution is 2.42. The molecule has 0 saturated heterocycles. The van der Waals surface area contributed by atoms with Gasteiger partial charge in [-0.2, -0.15) is 0 Å². The molecule has 1 aromatic heterocycles. The summed E-state index contributed by atoms with van der Waals surface area (Å²) in [4.78, 5) is 8.61. The fraction of sp³-hybridized carbons (Fsp3) is 0.800. The highest BCUT2D eigenvalue weighted by molar-refractivity contribution is 7.11. The van der Waals surface area contributed by atoms with E-state index < -0.39 is 0 Å². The van der Waals surface area contributed by atoms with Gasteiger partial charge in [-0.3, -0.25) is 0 Å². The molecule has 0 aromatic carbocycles. The number of hydrogen-bond acceptors (Lipinski definition) is 4. The van der Waals surface area contributed by atoms with Gasteiger partial charge in [0.15, 0.2) is 0 Å². The molecule has 1 aliphatic rings. The van der Waals surface area contributed by atoms with Gasteiger partial charge in [0, 0.05) is 36.3 Å². The quantitative estimate of drug-likeness (QED) is 0.794. The summed E-state index contributed by atoms with van der Waals surface area (Å²) in [6.07, 6.45) is 4.95. The molecule has 1 aromatic rings. The third kappa shape index (κ3) is 4.55. The number of likely N-dealkylation sites (N-methyl/N-ethyl adjacent to an activating group) is 1. The summed E-state index contributed by atoms with van der Waals surface area (Å²) in [5, 5.41) is 4.93. The van der Waals surface area contributed by atoms with Gasteiger partial charge in [0.1, 0.15) is 0 Å². The van der Waals surface area contributed by atoms with Crippen molar-refractivity contribution in [1.29, 1.82) is 0 Å². The smallest absolute Gasteiger partial charge is 0.0944 e. The Hall–Kier alpha value is -0.450. The Morgan fingerprint density at radius 3 is 2.74 bits per heavy atom. The van der Waals surface area contributed by atoms with Crippen LogP contribution >= 0.6 is 11.3 Å². The van der Waals surface area contributed by atoms with E-state index in [9.17, 15) is 0 Å². The van der Waals surface area contributed by atoms with Crippen LogP contribution in [0.4, 0.5) is 0 Å². The third-order valence-corrected chi connectivity index (χ3v) is 4.86. The van der Waals surface area contributed by atoms with E-state index in [4.69, 9.17) is 4.98 Å². The molecule has 1 N–H and O–H groups in total. The number of nitrogens with zero attached hydrogens (tertiary/aromatic N) is 2. The van der Waals surface area contributed by atoms with Gasteiger partial charge in [-0.15, -0.1) is 11.3 Å². The zero-order chi connectivity index (χ0) is 13.8. The Labute approximate surface area is 121 Å². The largest absolute Gasteiger partial charge is 0.309 e. The normalized spacial score (nSPS) is 17.1. The van der Waals surface area contributed by atoms with E-state index >= 15 is 0 Å². The zero-order valence-corrected chi connectivity index (χ0v) is 13.5. The second-order valence-corrected chi connectivity index (χ2v) is 7.10. The Morgan fingerprint density at radius 1 is 1.42 bits per heavy atom. The highest BCUT2D eigenvalue weighted by atomic mass is 32.1. The van der Waals surface area contributed by atoms with Gasteiger partial charge in [-0.25, -0.2) is 4.98 Å². The average molecular weight is 281 g/mol. The van der Waals surface area contributed by atoms with Crippen LogP contribution < -0.4 is 5.32 Å². The van der Waals surface area contributed by atoms with Crippen molar-refractivity contribution in [3.05, 3.63) is 15.6 Å². The van der Waals surface area contributed by atoms with Crippen LogP contribution in [0, 0.1) is 0 Å². The molecule has 0 amide bonds. The molecule has 1 fully saturated rings. The molecule has 1 aliphatic carbocycles. The van der Waals surface area contributed by atoms with Crippen molar-refractivity contribution in [2.24, 2.45) is 0 Å². The van der Waals surface area contributed by atoms with Crippen LogP contribution in [0.15, 0.2) is 0 Å². The molecule has 4 heteroatoms. The third-order valence-electron chi connectivity index (χ3n) is 3.73. The molecule has 2 rings (SSSR count). The van der Waals surface area contributed by atoms with Crippen molar-refractivity contribution in [3.8, 4) is 0 Å². The van der Waals surface area contributed by atoms with Gasteiger partial charge in [-0.05, 0) is 40.3 Å². The lowest BCUT2D eigenvalue weighted by atomic mass is 10.2. The summed E-state index contributed by atoms with van der Waals surface area (Å²) in [5.74, 6) is 0.762. The second kappa shape index (κ2) is 6.82. The number of thiazole rings is 1. The van der Waals surface area contributed by atoms with E-state index in [2.05, 4.69) is 38.2 Å². The van der Waals surface area contributed by atoms with Crippen LogP contribution in [0.3, 0.4) is 0 Å². The fourth-order valence-corrected chi connectivity index (χ4v) is 3.15. The molecule has 1 saturated carbocycles. The number of nitrogens with one attached hydrogen (secondary N) is 1. The van der Waals surface area contributed by atoms with E-state index in [1.807, 2.05) is 11.3 Å². The van der Waals surface area contributed by atoms with E-state index in [0.717, 1.165) is 25.4 Å². The van der Waals surface area contributed by atoms with Crippen LogP contribution in [-0.4, -0.2) is 36.6 Å². The van der Waals surface area contributed by atoms with Crippen LogP contribution in [0.2, 0.25) is 0 Å². The lowest BCUT2D eigenvalue weighted by Gasteiger charge is -2.10. The van der Waals surface area contributed by atoms with E-state index in [1.54, 1.807) is 0 Å². The number of hydrogen-bond donors (Lipinski definition) is 1. The van der Waals surface area contributed by atoms with Gasteiger partial charge < -0.3 is 10.2 Å². The maximum Gasteiger partial charge on any atom is 0.0944 e. The Morgan fingerprint density at radius 2 is 2.16 bits per heavy atom. The Kier molecular flexibility index (Phi) is 5.37. The van der Waals surface area contributed by atoms with Gasteiger partial charge in [0.2, 0.25) is 0 Å². The predicted molar refractivity (Wildman–Crippen MR) is 82.9 cm³/mol. The number of rotatable bonds is 8. The molecule has 3 nitrogen and oxygen atoms in total. The van der Waals surface area contributed by atoms with Crippen LogP contribution in [0.25, 0.3) is 0 Å². The van der Waals surface area contributed by atoms with E-state index in [1.165, 1.54) is 34.8 Å². The van der Waals surface area contributed by atoms with E-state index in [-0.39, 0.29) is 0 Å². The first-order valence-corrected chi connectivity index (χ1v) is 8.28. The van der Waals surface area contributed by atoms with Crippen molar-refractivity contribution in [2.45, 2.75) is 58.0 Å². The first-order valence-electron chi connectivity index (χ1n) is 7.46. The second-order valence-electron chi connectivity index (χ2n) is 5.93. The standard InChI is InChI=1S/C15H27N3S/c1-5-11(2)16-10-13-15(12-6-7-12)17-14(19-13)8-9-18(3)4/h11-12,16H,5-10H2,1-4H3. The predicted octanol–water partition coefficient (Wildman–Crippen LogP) is 3.01. The molecule has 0 aliphatic heterocycles. The van der Waals surface area contributed by atoms with Crippen LogP contribution in [-0.2, 0) is 13.0 Å². The molecule has 0 bridgehead atoms. The molecule has 0 spiro atoms. The fourth-order valence-electron chi connectivity index (χ4n) is 2.05. The summed E-state index contributed by atoms with van der Waals surface area (Å²) in [6, 6.07) is 0.597. The van der Waals surface area contributed by atoms with Crippen LogP contribution in [0.5, 0.6) is 0 Å². The van der Waals surface area contributed by atoms with Gasteiger partial charge in [0.25, 0.3) is 0 Å². The molecule has 108 valence electrons. The molecule has 0 radical (unpaired) electrons. The summed E-state index contributed by atoms with van der Waals surface area (Å²) in [5.41, 5.74) is 1.40. The van der Waals surface area contributed by atoms with Gasteiger partial charge >= 0.3 is 0 Å². The molecule has 1 heterocycles. The van der Waals surface area contributed by atoms with Crippen molar-refractivity contribution < 1.29 is 0 Å². The van der Waals surface area contributed by atoms with Crippen molar-refractivity contribution >= 4 is 11.3 Å². The molecular weight excluding hydrogens is 254 g/mol. The minimum absolute atomic E-state index is 0.597. The van der Waals surface area contributed by atoms with Crippen molar-refractivity contribution in [3.63, 3.8) is 0 Å². The van der Waals surface area contributed by atoms with Crippen molar-refractivity contribution in [1.82, 2.24) is 15.2 Å². The Balaban J connectivity index is 1.99. The maximum atomic E-state index is 4.90. The lowest BCUT2D eigenvalue weighted by molar-refractivity contribution is 0.413. The lowest BCUT2D eigenvalue weighted by Crippen LogP contribution is -2.24. The minimum Gasteiger partial charge on any atom is -0.309 e. The first kappa shape index (κ1) is 14.9. The molecule has 1 unspecified atom stereocenters. The summed E-state index contributed by atoms with van der Waals surface area (Å²) >= 11 is 1.92. The molecule has 1 atom stereocenters. The maximum absolute atomic E-state index is 4.90. The van der Waals surface area contributed by atoms with Gasteiger partial charge in [0.05, 0.1) is 10.7 Å². The van der Waals surface area contributed by atoms with Crippen LogP contribution in [0.1, 0.15) is 54.6 Å². The summed E-state index contributed by atoms with van der Waals surface area (Å²) < 4.78 is 0. The average Bonchev–Trinajstić information content (AvgIpc) is 3.15.